The lowest BCUT2D eigenvalue weighted by Crippen LogP contribution is -2.35. The minimum atomic E-state index is -0.679. The van der Waals surface area contributed by atoms with Crippen LogP contribution in [-0.4, -0.2) is 47.2 Å². The Morgan fingerprint density at radius 1 is 1.33 bits per heavy atom. The minimum Gasteiger partial charge on any atom is -0.396 e. The van der Waals surface area contributed by atoms with Gasteiger partial charge in [0.05, 0.1) is 12.7 Å². The fraction of sp³-hybridized carbons (Fsp3) is 1.00. The summed E-state index contributed by atoms with van der Waals surface area (Å²) in [6, 6.07) is 0.276. The molecule has 0 aromatic rings. The summed E-state index contributed by atoms with van der Waals surface area (Å²) in [6.07, 6.45) is 0.972. The summed E-state index contributed by atoms with van der Waals surface area (Å²) < 4.78 is 0. The van der Waals surface area contributed by atoms with Gasteiger partial charge >= 0.3 is 0 Å². The number of aliphatic hydroxyl groups is 3. The third kappa shape index (κ3) is 6.54. The molecule has 0 saturated carbocycles. The molecule has 0 aromatic heterocycles. The van der Waals surface area contributed by atoms with Crippen molar-refractivity contribution in [3.63, 3.8) is 0 Å². The van der Waals surface area contributed by atoms with Crippen LogP contribution in [0.5, 0.6) is 0 Å². The molecule has 0 amide bonds. The molecule has 12 heavy (non-hydrogen) atoms. The smallest absolute Gasteiger partial charge is 0.0895 e. The molecule has 2 atom stereocenters. The molecular formula is C8H19NO3. The largest absolute Gasteiger partial charge is 0.396 e. The molecule has 0 fully saturated rings. The maximum Gasteiger partial charge on any atom is 0.0895 e. The molecule has 0 radical (unpaired) electrons. The van der Waals surface area contributed by atoms with E-state index in [4.69, 9.17) is 15.3 Å². The number of hydrogen-bond acceptors (Lipinski definition) is 4. The fourth-order valence-corrected chi connectivity index (χ4v) is 0.901. The van der Waals surface area contributed by atoms with Gasteiger partial charge < -0.3 is 20.6 Å². The Kier molecular flexibility index (Phi) is 7.39. The zero-order valence-corrected chi connectivity index (χ0v) is 7.53. The molecule has 0 spiro atoms. The van der Waals surface area contributed by atoms with Crippen LogP contribution in [0.4, 0.5) is 0 Å². The first-order valence-corrected chi connectivity index (χ1v) is 4.33. The lowest BCUT2D eigenvalue weighted by atomic mass is 10.2. The molecule has 74 valence electrons. The summed E-state index contributed by atoms with van der Waals surface area (Å²) in [5.74, 6) is 0. The van der Waals surface area contributed by atoms with Crippen LogP contribution < -0.4 is 5.32 Å². The van der Waals surface area contributed by atoms with Crippen LogP contribution in [-0.2, 0) is 0 Å². The molecule has 2 unspecified atom stereocenters. The van der Waals surface area contributed by atoms with Crippen molar-refractivity contribution in [1.82, 2.24) is 5.32 Å². The lowest BCUT2D eigenvalue weighted by molar-refractivity contribution is 0.0918. The second-order valence-corrected chi connectivity index (χ2v) is 3.01. The molecule has 4 N–H and O–H groups in total. The second kappa shape index (κ2) is 7.49. The van der Waals surface area contributed by atoms with Crippen LogP contribution >= 0.6 is 0 Å². The van der Waals surface area contributed by atoms with E-state index in [-0.39, 0.29) is 19.3 Å². The van der Waals surface area contributed by atoms with E-state index in [1.54, 1.807) is 0 Å². The monoisotopic (exact) mass is 177 g/mol. The highest BCUT2D eigenvalue weighted by atomic mass is 16.3. The van der Waals surface area contributed by atoms with Crippen LogP contribution in [0.1, 0.15) is 19.8 Å². The topological polar surface area (TPSA) is 72.7 Å². The van der Waals surface area contributed by atoms with Crippen molar-refractivity contribution in [3.05, 3.63) is 0 Å². The highest BCUT2D eigenvalue weighted by Gasteiger charge is 2.04. The van der Waals surface area contributed by atoms with Gasteiger partial charge in [-0.3, -0.25) is 0 Å². The van der Waals surface area contributed by atoms with Crippen LogP contribution in [0.15, 0.2) is 0 Å². The Labute approximate surface area is 73.2 Å². The van der Waals surface area contributed by atoms with Crippen molar-refractivity contribution >= 4 is 0 Å². The quantitative estimate of drug-likeness (QED) is 0.406. The Hall–Kier alpha value is -0.160. The number of nitrogens with one attached hydrogen (secondary N) is 1. The Morgan fingerprint density at radius 2 is 2.00 bits per heavy atom. The first-order valence-electron chi connectivity index (χ1n) is 4.33. The Morgan fingerprint density at radius 3 is 2.50 bits per heavy atom. The molecule has 4 nitrogen and oxygen atoms in total. The standard InChI is InChI=1S/C8H19NO3/c1-7(3-2-4-10)9-5-8(12)6-11/h7-12H,2-6H2,1H3. The van der Waals surface area contributed by atoms with Crippen LogP contribution in [0.2, 0.25) is 0 Å². The van der Waals surface area contributed by atoms with Gasteiger partial charge in [0.1, 0.15) is 0 Å². The van der Waals surface area contributed by atoms with Gasteiger partial charge in [0.25, 0.3) is 0 Å². The van der Waals surface area contributed by atoms with Gasteiger partial charge in [-0.05, 0) is 19.8 Å². The van der Waals surface area contributed by atoms with E-state index < -0.39 is 6.10 Å². The normalized spacial score (nSPS) is 16.0. The molecule has 0 rings (SSSR count). The summed E-state index contributed by atoms with van der Waals surface area (Å²) in [6.45, 7) is 2.39. The molecule has 0 aliphatic rings. The Bertz CT molecular complexity index is 100. The summed E-state index contributed by atoms with van der Waals surface area (Å²) in [5.41, 5.74) is 0. The summed E-state index contributed by atoms with van der Waals surface area (Å²) >= 11 is 0. The zero-order valence-electron chi connectivity index (χ0n) is 7.53. The lowest BCUT2D eigenvalue weighted by Gasteiger charge is -2.15. The summed E-state index contributed by atoms with van der Waals surface area (Å²) in [4.78, 5) is 0. The van der Waals surface area contributed by atoms with E-state index in [0.29, 0.717) is 6.54 Å². The SMILES string of the molecule is CC(CCCO)NCC(O)CO. The number of rotatable bonds is 7. The van der Waals surface area contributed by atoms with Crippen molar-refractivity contribution in [2.24, 2.45) is 0 Å². The first-order chi connectivity index (χ1) is 5.70. The molecule has 0 aliphatic carbocycles. The van der Waals surface area contributed by atoms with Crippen LogP contribution in [0.3, 0.4) is 0 Å². The Balaban J connectivity index is 3.24. The minimum absolute atomic E-state index is 0.203. The van der Waals surface area contributed by atoms with E-state index in [1.807, 2.05) is 6.92 Å². The maximum atomic E-state index is 8.97. The zero-order chi connectivity index (χ0) is 9.40. The molecule has 0 saturated heterocycles. The van der Waals surface area contributed by atoms with Gasteiger partial charge in [-0.1, -0.05) is 0 Å². The predicted molar refractivity (Wildman–Crippen MR) is 46.9 cm³/mol. The van der Waals surface area contributed by atoms with Crippen molar-refractivity contribution in [2.45, 2.75) is 31.9 Å². The highest BCUT2D eigenvalue weighted by Crippen LogP contribution is 1.94. The first kappa shape index (κ1) is 11.8. The van der Waals surface area contributed by atoms with E-state index in [9.17, 15) is 0 Å². The van der Waals surface area contributed by atoms with Gasteiger partial charge in [-0.2, -0.15) is 0 Å². The van der Waals surface area contributed by atoms with E-state index in [2.05, 4.69) is 5.32 Å². The second-order valence-electron chi connectivity index (χ2n) is 3.01. The van der Waals surface area contributed by atoms with Crippen molar-refractivity contribution in [3.8, 4) is 0 Å². The van der Waals surface area contributed by atoms with E-state index >= 15 is 0 Å². The molecular weight excluding hydrogens is 158 g/mol. The van der Waals surface area contributed by atoms with Crippen LogP contribution in [0, 0.1) is 0 Å². The summed E-state index contributed by atoms with van der Waals surface area (Å²) in [5, 5.41) is 29.0. The number of hydrogen-bond donors (Lipinski definition) is 4. The van der Waals surface area contributed by atoms with Gasteiger partial charge in [0, 0.05) is 19.2 Å². The molecule has 0 bridgehead atoms. The van der Waals surface area contributed by atoms with Gasteiger partial charge in [-0.15, -0.1) is 0 Å². The van der Waals surface area contributed by atoms with Crippen molar-refractivity contribution < 1.29 is 15.3 Å². The fourth-order valence-electron chi connectivity index (χ4n) is 0.901. The molecule has 0 aromatic carbocycles. The molecule has 4 heteroatoms. The average molecular weight is 177 g/mol. The average Bonchev–Trinajstić information content (AvgIpc) is 2.10. The third-order valence-electron chi connectivity index (χ3n) is 1.71. The third-order valence-corrected chi connectivity index (χ3v) is 1.71. The molecule has 0 heterocycles. The highest BCUT2D eigenvalue weighted by molar-refractivity contribution is 4.64. The summed E-state index contributed by atoms with van der Waals surface area (Å²) in [7, 11) is 0. The van der Waals surface area contributed by atoms with Crippen LogP contribution in [0.25, 0.3) is 0 Å². The van der Waals surface area contributed by atoms with Gasteiger partial charge in [-0.25, -0.2) is 0 Å². The van der Waals surface area contributed by atoms with Gasteiger partial charge in [0.2, 0.25) is 0 Å². The van der Waals surface area contributed by atoms with Crippen molar-refractivity contribution in [1.29, 1.82) is 0 Å². The van der Waals surface area contributed by atoms with E-state index in [1.165, 1.54) is 0 Å². The maximum absolute atomic E-state index is 8.97. The predicted octanol–water partition coefficient (Wildman–Crippen LogP) is -0.910. The van der Waals surface area contributed by atoms with E-state index in [0.717, 1.165) is 12.8 Å². The van der Waals surface area contributed by atoms with Gasteiger partial charge in [0.15, 0.2) is 0 Å². The molecule has 0 aliphatic heterocycles. The van der Waals surface area contributed by atoms with Crippen molar-refractivity contribution in [2.75, 3.05) is 19.8 Å². The number of aliphatic hydroxyl groups excluding tert-OH is 3.